The van der Waals surface area contributed by atoms with Crippen molar-refractivity contribution in [3.63, 3.8) is 0 Å². The van der Waals surface area contributed by atoms with Crippen molar-refractivity contribution in [2.75, 3.05) is 20.2 Å². The molecule has 0 bridgehead atoms. The Bertz CT molecular complexity index is 1130. The first-order valence-electron chi connectivity index (χ1n) is 10.2. The Hall–Kier alpha value is -3.45. The van der Waals surface area contributed by atoms with Gasteiger partial charge in [0.25, 0.3) is 5.89 Å². The van der Waals surface area contributed by atoms with Gasteiger partial charge >= 0.3 is 0 Å². The smallest absolute Gasteiger partial charge is 0.253 e. The van der Waals surface area contributed by atoms with Crippen LogP contribution in [0.3, 0.4) is 0 Å². The van der Waals surface area contributed by atoms with Crippen molar-refractivity contribution in [2.45, 2.75) is 27.3 Å². The second-order valence-corrected chi connectivity index (χ2v) is 7.74. The summed E-state index contributed by atoms with van der Waals surface area (Å²) in [7, 11) is 1.99. The largest absolute Gasteiger partial charge is 0.492 e. The van der Waals surface area contributed by atoms with Crippen LogP contribution >= 0.6 is 0 Å². The second-order valence-electron chi connectivity index (χ2n) is 7.74. The van der Waals surface area contributed by atoms with E-state index < -0.39 is 0 Å². The topological polar surface area (TPSA) is 77.4 Å². The van der Waals surface area contributed by atoms with Crippen molar-refractivity contribution in [1.29, 1.82) is 0 Å². The first-order chi connectivity index (χ1) is 15.0. The highest BCUT2D eigenvalue weighted by Crippen LogP contribution is 2.33. The van der Waals surface area contributed by atoms with Gasteiger partial charge in [0, 0.05) is 12.1 Å². The van der Waals surface area contributed by atoms with Gasteiger partial charge in [-0.1, -0.05) is 41.6 Å². The predicted molar refractivity (Wildman–Crippen MR) is 118 cm³/mol. The zero-order chi connectivity index (χ0) is 21.8. The minimum atomic E-state index is 0.410. The fraction of sp³-hybridized carbons (Fsp3) is 0.292. The number of ether oxygens (including phenoxy) is 1. The Balaban J connectivity index is 1.39. The summed E-state index contributed by atoms with van der Waals surface area (Å²) in [5, 5.41) is 12.6. The zero-order valence-electron chi connectivity index (χ0n) is 18.3. The van der Waals surface area contributed by atoms with E-state index in [0.717, 1.165) is 23.4 Å². The molecular formula is C24H26N4O3. The molecule has 7 nitrogen and oxygen atoms in total. The van der Waals surface area contributed by atoms with Gasteiger partial charge in [-0.2, -0.15) is 0 Å². The van der Waals surface area contributed by atoms with Gasteiger partial charge < -0.3 is 13.7 Å². The van der Waals surface area contributed by atoms with Gasteiger partial charge in [-0.3, -0.25) is 4.90 Å². The van der Waals surface area contributed by atoms with Crippen LogP contribution in [0.1, 0.15) is 22.8 Å². The van der Waals surface area contributed by atoms with Crippen LogP contribution in [0.25, 0.3) is 22.7 Å². The van der Waals surface area contributed by atoms with E-state index in [4.69, 9.17) is 13.7 Å². The Labute approximate surface area is 181 Å². The maximum atomic E-state index is 5.93. The van der Waals surface area contributed by atoms with Gasteiger partial charge in [0.05, 0.1) is 6.54 Å². The fourth-order valence-corrected chi connectivity index (χ4v) is 3.48. The van der Waals surface area contributed by atoms with Crippen LogP contribution in [-0.2, 0) is 6.54 Å². The van der Waals surface area contributed by atoms with Crippen LogP contribution in [0.4, 0.5) is 0 Å². The molecule has 0 spiro atoms. The molecule has 0 amide bonds. The standard InChI is InChI=1S/C24H26N4O3/c1-16-12-17(2)14-20(13-16)29-11-10-28(4)15-21-25-26-24(30-21)22-18(3)31-27-23(22)19-8-6-5-7-9-19/h5-9,12-14H,10-11,15H2,1-4H3. The molecule has 7 heteroatoms. The Morgan fingerprint density at radius 3 is 2.45 bits per heavy atom. The Kier molecular flexibility index (Phi) is 6.13. The quantitative estimate of drug-likeness (QED) is 0.406. The zero-order valence-corrected chi connectivity index (χ0v) is 18.3. The van der Waals surface area contributed by atoms with E-state index >= 15 is 0 Å². The summed E-state index contributed by atoms with van der Waals surface area (Å²) in [6.45, 7) is 7.80. The lowest BCUT2D eigenvalue weighted by molar-refractivity contribution is 0.220. The Morgan fingerprint density at radius 2 is 1.71 bits per heavy atom. The number of benzene rings is 2. The van der Waals surface area contributed by atoms with Gasteiger partial charge in [-0.15, -0.1) is 10.2 Å². The minimum Gasteiger partial charge on any atom is -0.492 e. The highest BCUT2D eigenvalue weighted by atomic mass is 16.5. The van der Waals surface area contributed by atoms with E-state index in [1.54, 1.807) is 0 Å². The number of aromatic nitrogens is 3. The molecule has 0 N–H and O–H groups in total. The molecule has 2 aromatic heterocycles. The first-order valence-corrected chi connectivity index (χ1v) is 10.2. The van der Waals surface area contributed by atoms with Crippen LogP contribution in [0.2, 0.25) is 0 Å². The van der Waals surface area contributed by atoms with E-state index in [2.05, 4.69) is 40.2 Å². The number of hydrogen-bond acceptors (Lipinski definition) is 7. The third-order valence-corrected chi connectivity index (χ3v) is 4.93. The van der Waals surface area contributed by atoms with Crippen molar-refractivity contribution in [2.24, 2.45) is 0 Å². The van der Waals surface area contributed by atoms with Crippen LogP contribution < -0.4 is 4.74 Å². The average Bonchev–Trinajstić information content (AvgIpc) is 3.34. The van der Waals surface area contributed by atoms with Crippen LogP contribution in [0, 0.1) is 20.8 Å². The highest BCUT2D eigenvalue weighted by Gasteiger charge is 2.22. The summed E-state index contributed by atoms with van der Waals surface area (Å²) in [6.07, 6.45) is 0. The van der Waals surface area contributed by atoms with E-state index in [1.807, 2.05) is 56.4 Å². The second kappa shape index (κ2) is 9.14. The van der Waals surface area contributed by atoms with Crippen LogP contribution in [-0.4, -0.2) is 40.5 Å². The van der Waals surface area contributed by atoms with Gasteiger partial charge in [0.1, 0.15) is 29.4 Å². The fourth-order valence-electron chi connectivity index (χ4n) is 3.48. The SMILES string of the molecule is Cc1cc(C)cc(OCCN(C)Cc2nnc(-c3c(-c4ccccc4)noc3C)o2)c1. The van der Waals surface area contributed by atoms with Crippen molar-refractivity contribution in [3.05, 3.63) is 71.3 Å². The molecule has 160 valence electrons. The van der Waals surface area contributed by atoms with Crippen molar-refractivity contribution in [1.82, 2.24) is 20.3 Å². The summed E-state index contributed by atoms with van der Waals surface area (Å²) in [4.78, 5) is 2.08. The van der Waals surface area contributed by atoms with E-state index in [9.17, 15) is 0 Å². The Morgan fingerprint density at radius 1 is 0.968 bits per heavy atom. The van der Waals surface area contributed by atoms with Crippen LogP contribution in [0.15, 0.2) is 57.5 Å². The molecule has 0 saturated heterocycles. The van der Waals surface area contributed by atoms with E-state index in [-0.39, 0.29) is 0 Å². The first kappa shape index (κ1) is 20.8. The number of likely N-dealkylation sites (N-methyl/N-ethyl adjacent to an activating group) is 1. The number of rotatable bonds is 8. The molecule has 31 heavy (non-hydrogen) atoms. The molecule has 0 aliphatic heterocycles. The summed E-state index contributed by atoms with van der Waals surface area (Å²) in [5.41, 5.74) is 4.75. The molecule has 0 fully saturated rings. The highest BCUT2D eigenvalue weighted by molar-refractivity contribution is 5.77. The molecule has 0 saturated carbocycles. The molecule has 0 aliphatic rings. The maximum absolute atomic E-state index is 5.93. The number of aryl methyl sites for hydroxylation is 3. The number of hydrogen-bond donors (Lipinski definition) is 0. The normalized spacial score (nSPS) is 11.3. The molecule has 4 aromatic rings. The third kappa shape index (κ3) is 5.00. The number of nitrogens with zero attached hydrogens (tertiary/aromatic N) is 4. The van der Waals surface area contributed by atoms with Crippen molar-refractivity contribution in [3.8, 4) is 28.5 Å². The van der Waals surface area contributed by atoms with Crippen LogP contribution in [0.5, 0.6) is 5.75 Å². The van der Waals surface area contributed by atoms with Crippen molar-refractivity contribution < 1.29 is 13.7 Å². The summed E-state index contributed by atoms with van der Waals surface area (Å²) in [5.74, 6) is 2.47. The van der Waals surface area contributed by atoms with Gasteiger partial charge in [0.2, 0.25) is 5.89 Å². The summed E-state index contributed by atoms with van der Waals surface area (Å²) < 4.78 is 17.2. The molecule has 0 radical (unpaired) electrons. The molecule has 4 rings (SSSR count). The van der Waals surface area contributed by atoms with Gasteiger partial charge in [0.15, 0.2) is 0 Å². The molecule has 0 aliphatic carbocycles. The molecule has 0 atom stereocenters. The molecule has 0 unspecified atom stereocenters. The van der Waals surface area contributed by atoms with Crippen molar-refractivity contribution >= 4 is 0 Å². The molecular weight excluding hydrogens is 392 g/mol. The third-order valence-electron chi connectivity index (χ3n) is 4.93. The minimum absolute atomic E-state index is 0.410. The monoisotopic (exact) mass is 418 g/mol. The van der Waals surface area contributed by atoms with Gasteiger partial charge in [-0.25, -0.2) is 0 Å². The summed E-state index contributed by atoms with van der Waals surface area (Å²) in [6, 6.07) is 16.0. The average molecular weight is 418 g/mol. The lowest BCUT2D eigenvalue weighted by atomic mass is 10.1. The molecule has 2 aromatic carbocycles. The van der Waals surface area contributed by atoms with E-state index in [0.29, 0.717) is 36.4 Å². The predicted octanol–water partition coefficient (Wildman–Crippen LogP) is 4.83. The summed E-state index contributed by atoms with van der Waals surface area (Å²) >= 11 is 0. The molecule has 2 heterocycles. The maximum Gasteiger partial charge on any atom is 0.253 e. The van der Waals surface area contributed by atoms with Gasteiger partial charge in [-0.05, 0) is 51.1 Å². The van der Waals surface area contributed by atoms with E-state index in [1.165, 1.54) is 11.1 Å². The lowest BCUT2D eigenvalue weighted by Gasteiger charge is -2.15. The lowest BCUT2D eigenvalue weighted by Crippen LogP contribution is -2.24.